The van der Waals surface area contributed by atoms with E-state index in [1.807, 2.05) is 38.1 Å². The number of morpholine rings is 1. The van der Waals surface area contributed by atoms with E-state index in [1.165, 1.54) is 0 Å². The molecule has 2 aromatic heterocycles. The molecule has 0 aliphatic carbocycles. The van der Waals surface area contributed by atoms with Crippen LogP contribution < -0.4 is 4.90 Å². The molecule has 24 heavy (non-hydrogen) atoms. The van der Waals surface area contributed by atoms with Gasteiger partial charge >= 0.3 is 0 Å². The molecule has 6 heteroatoms. The van der Waals surface area contributed by atoms with Crippen molar-refractivity contribution in [3.8, 4) is 0 Å². The number of ether oxygens (including phenoxy) is 1. The van der Waals surface area contributed by atoms with Gasteiger partial charge in [-0.3, -0.25) is 4.79 Å². The number of pyridine rings is 1. The lowest BCUT2D eigenvalue weighted by molar-refractivity contribution is 0.0675. The summed E-state index contributed by atoms with van der Waals surface area (Å²) in [6, 6.07) is 7.53. The molecule has 0 saturated carbocycles. The molecule has 1 fully saturated rings. The van der Waals surface area contributed by atoms with Gasteiger partial charge in [-0.2, -0.15) is 0 Å². The Hall–Kier alpha value is -2.34. The fourth-order valence-corrected chi connectivity index (χ4v) is 2.72. The Morgan fingerprint density at radius 3 is 2.67 bits per heavy atom. The molecule has 0 unspecified atom stereocenters. The predicted molar refractivity (Wildman–Crippen MR) is 91.0 cm³/mol. The lowest BCUT2D eigenvalue weighted by Crippen LogP contribution is -2.37. The highest BCUT2D eigenvalue weighted by molar-refractivity contribution is 5.94. The van der Waals surface area contributed by atoms with Crippen LogP contribution in [-0.4, -0.2) is 48.1 Å². The normalized spacial score (nSPS) is 14.9. The van der Waals surface area contributed by atoms with E-state index in [-0.39, 0.29) is 11.9 Å². The van der Waals surface area contributed by atoms with E-state index in [2.05, 4.69) is 9.88 Å². The molecule has 3 rings (SSSR count). The Bertz CT molecular complexity index is 647. The Morgan fingerprint density at radius 2 is 2.08 bits per heavy atom. The molecule has 0 aromatic carbocycles. The van der Waals surface area contributed by atoms with E-state index in [9.17, 15) is 4.79 Å². The highest BCUT2D eigenvalue weighted by Gasteiger charge is 2.21. The lowest BCUT2D eigenvalue weighted by Gasteiger charge is -2.28. The molecule has 2 aromatic rings. The molecule has 0 N–H and O–H groups in total. The van der Waals surface area contributed by atoms with E-state index in [1.54, 1.807) is 17.4 Å². The third-order valence-corrected chi connectivity index (χ3v) is 4.12. The predicted octanol–water partition coefficient (Wildman–Crippen LogP) is 2.56. The van der Waals surface area contributed by atoms with Crippen molar-refractivity contribution < 1.29 is 13.9 Å². The third kappa shape index (κ3) is 3.76. The number of carbonyl (C=O) groups excluding carboxylic acids is 1. The van der Waals surface area contributed by atoms with Gasteiger partial charge in [0.15, 0.2) is 0 Å². The quantitative estimate of drug-likeness (QED) is 0.844. The summed E-state index contributed by atoms with van der Waals surface area (Å²) in [7, 11) is 0. The summed E-state index contributed by atoms with van der Waals surface area (Å²) in [4.78, 5) is 21.2. The zero-order chi connectivity index (χ0) is 16.9. The van der Waals surface area contributed by atoms with Crippen LogP contribution in [0.25, 0.3) is 0 Å². The van der Waals surface area contributed by atoms with Gasteiger partial charge in [0.1, 0.15) is 11.6 Å². The topological polar surface area (TPSA) is 58.8 Å². The summed E-state index contributed by atoms with van der Waals surface area (Å²) < 4.78 is 10.7. The van der Waals surface area contributed by atoms with Gasteiger partial charge in [-0.25, -0.2) is 4.98 Å². The number of carbonyl (C=O) groups is 1. The van der Waals surface area contributed by atoms with E-state index in [4.69, 9.17) is 9.15 Å². The first-order valence-electron chi connectivity index (χ1n) is 8.27. The van der Waals surface area contributed by atoms with Crippen LogP contribution in [0, 0.1) is 0 Å². The van der Waals surface area contributed by atoms with E-state index < -0.39 is 0 Å². The van der Waals surface area contributed by atoms with Crippen molar-refractivity contribution in [2.75, 3.05) is 31.2 Å². The minimum atomic E-state index is -0.0394. The first-order valence-corrected chi connectivity index (χ1v) is 8.27. The van der Waals surface area contributed by atoms with Crippen LogP contribution in [0.2, 0.25) is 0 Å². The maximum absolute atomic E-state index is 12.8. The second-order valence-corrected chi connectivity index (χ2v) is 6.11. The van der Waals surface area contributed by atoms with E-state index in [0.717, 1.165) is 24.7 Å². The minimum Gasteiger partial charge on any atom is -0.467 e. The fraction of sp³-hybridized carbons (Fsp3) is 0.444. The molecule has 1 saturated heterocycles. The Balaban J connectivity index is 1.72. The monoisotopic (exact) mass is 329 g/mol. The Kier molecular flexibility index (Phi) is 5.15. The Labute approximate surface area is 142 Å². The number of hydrogen-bond acceptors (Lipinski definition) is 5. The van der Waals surface area contributed by atoms with Crippen molar-refractivity contribution in [1.29, 1.82) is 0 Å². The molecular formula is C18H23N3O3. The smallest absolute Gasteiger partial charge is 0.256 e. The second-order valence-electron chi connectivity index (χ2n) is 6.11. The van der Waals surface area contributed by atoms with Gasteiger partial charge in [-0.1, -0.05) is 0 Å². The average molecular weight is 329 g/mol. The average Bonchev–Trinajstić information content (AvgIpc) is 3.13. The van der Waals surface area contributed by atoms with Crippen LogP contribution in [-0.2, 0) is 11.3 Å². The second kappa shape index (κ2) is 7.49. The molecule has 6 nitrogen and oxygen atoms in total. The molecule has 0 radical (unpaired) electrons. The van der Waals surface area contributed by atoms with Gasteiger partial charge in [0, 0.05) is 25.3 Å². The number of hydrogen-bond donors (Lipinski definition) is 0. The van der Waals surface area contributed by atoms with Gasteiger partial charge in [-0.15, -0.1) is 0 Å². The summed E-state index contributed by atoms with van der Waals surface area (Å²) in [5, 5.41) is 0. The third-order valence-electron chi connectivity index (χ3n) is 4.12. The molecule has 0 atom stereocenters. The number of amides is 1. The largest absolute Gasteiger partial charge is 0.467 e. The molecule has 1 amide bonds. The number of nitrogens with zero attached hydrogens (tertiary/aromatic N) is 3. The molecule has 128 valence electrons. The summed E-state index contributed by atoms with van der Waals surface area (Å²) in [5.41, 5.74) is 0.590. The Morgan fingerprint density at radius 1 is 1.29 bits per heavy atom. The zero-order valence-corrected chi connectivity index (χ0v) is 14.1. The standard InChI is InChI=1S/C18H23N3O3/c1-14(2)21(13-16-4-3-9-24-16)18(22)15-5-6-17(19-12-15)20-7-10-23-11-8-20/h3-6,9,12,14H,7-8,10-11,13H2,1-2H3. The molecule has 3 heterocycles. The molecular weight excluding hydrogens is 306 g/mol. The van der Waals surface area contributed by atoms with Crippen molar-refractivity contribution in [2.24, 2.45) is 0 Å². The van der Waals surface area contributed by atoms with E-state index in [0.29, 0.717) is 25.3 Å². The summed E-state index contributed by atoms with van der Waals surface area (Å²) >= 11 is 0. The van der Waals surface area contributed by atoms with Gasteiger partial charge in [0.25, 0.3) is 5.91 Å². The number of aromatic nitrogens is 1. The maximum atomic E-state index is 12.8. The van der Waals surface area contributed by atoms with Crippen molar-refractivity contribution in [2.45, 2.75) is 26.4 Å². The number of furan rings is 1. The minimum absolute atomic E-state index is 0.0394. The van der Waals surface area contributed by atoms with Crippen molar-refractivity contribution in [3.63, 3.8) is 0 Å². The van der Waals surface area contributed by atoms with Crippen LogP contribution in [0.5, 0.6) is 0 Å². The first kappa shape index (κ1) is 16.5. The molecule has 1 aliphatic rings. The lowest BCUT2D eigenvalue weighted by atomic mass is 10.2. The van der Waals surface area contributed by atoms with Crippen molar-refractivity contribution >= 4 is 11.7 Å². The molecule has 1 aliphatic heterocycles. The highest BCUT2D eigenvalue weighted by atomic mass is 16.5. The summed E-state index contributed by atoms with van der Waals surface area (Å²) in [5.74, 6) is 1.62. The molecule has 0 bridgehead atoms. The van der Waals surface area contributed by atoms with Crippen LogP contribution >= 0.6 is 0 Å². The summed E-state index contributed by atoms with van der Waals surface area (Å²) in [6.07, 6.45) is 3.28. The van der Waals surface area contributed by atoms with Crippen LogP contribution in [0.4, 0.5) is 5.82 Å². The van der Waals surface area contributed by atoms with Crippen LogP contribution in [0.3, 0.4) is 0 Å². The highest BCUT2D eigenvalue weighted by Crippen LogP contribution is 2.17. The van der Waals surface area contributed by atoms with Gasteiger partial charge in [0.2, 0.25) is 0 Å². The SMILES string of the molecule is CC(C)N(Cc1ccco1)C(=O)c1ccc(N2CCOCC2)nc1. The zero-order valence-electron chi connectivity index (χ0n) is 14.1. The van der Waals surface area contributed by atoms with Gasteiger partial charge in [-0.05, 0) is 38.1 Å². The van der Waals surface area contributed by atoms with Gasteiger partial charge in [0.05, 0.1) is 31.6 Å². The van der Waals surface area contributed by atoms with Crippen molar-refractivity contribution in [1.82, 2.24) is 9.88 Å². The fourth-order valence-electron chi connectivity index (χ4n) is 2.72. The van der Waals surface area contributed by atoms with E-state index >= 15 is 0 Å². The first-order chi connectivity index (χ1) is 11.6. The van der Waals surface area contributed by atoms with Crippen LogP contribution in [0.15, 0.2) is 41.1 Å². The van der Waals surface area contributed by atoms with Gasteiger partial charge < -0.3 is 19.0 Å². The van der Waals surface area contributed by atoms with Crippen molar-refractivity contribution in [3.05, 3.63) is 48.0 Å². The van der Waals surface area contributed by atoms with Crippen LogP contribution in [0.1, 0.15) is 30.0 Å². The summed E-state index contributed by atoms with van der Waals surface area (Å²) in [6.45, 7) is 7.54. The number of anilines is 1. The number of rotatable bonds is 5. The molecule has 0 spiro atoms. The maximum Gasteiger partial charge on any atom is 0.256 e.